The molecule has 0 aliphatic carbocycles. The van der Waals surface area contributed by atoms with Crippen molar-refractivity contribution in [2.75, 3.05) is 5.73 Å². The summed E-state index contributed by atoms with van der Waals surface area (Å²) in [5.41, 5.74) is 7.47. The molecule has 0 aromatic carbocycles. The van der Waals surface area contributed by atoms with Crippen LogP contribution in [0.5, 0.6) is 0 Å². The van der Waals surface area contributed by atoms with E-state index >= 15 is 0 Å². The number of nitrogen functional groups attached to an aromatic ring is 1. The number of anilines is 1. The fraction of sp³-hybridized carbons (Fsp3) is 0.333. The van der Waals surface area contributed by atoms with Crippen molar-refractivity contribution in [1.29, 1.82) is 0 Å². The van der Waals surface area contributed by atoms with Crippen molar-refractivity contribution in [1.82, 2.24) is 19.6 Å². The van der Waals surface area contributed by atoms with E-state index < -0.39 is 0 Å². The van der Waals surface area contributed by atoms with E-state index in [-0.39, 0.29) is 0 Å². The number of aromatic nitrogens is 4. The first-order chi connectivity index (χ1) is 7.13. The lowest BCUT2D eigenvalue weighted by molar-refractivity contribution is 0.618. The third-order valence-corrected chi connectivity index (χ3v) is 2.62. The van der Waals surface area contributed by atoms with Crippen molar-refractivity contribution in [3.05, 3.63) is 22.6 Å². The zero-order valence-electron chi connectivity index (χ0n) is 8.61. The van der Waals surface area contributed by atoms with Gasteiger partial charge in [-0.25, -0.2) is 9.36 Å². The number of halogens is 1. The minimum Gasteiger partial charge on any atom is -0.394 e. The molecule has 0 spiro atoms. The minimum atomic E-state index is 0.674. The van der Waals surface area contributed by atoms with Crippen LogP contribution < -0.4 is 5.73 Å². The number of hydrogen-bond donors (Lipinski definition) is 1. The summed E-state index contributed by atoms with van der Waals surface area (Å²) < 4.78 is 4.48. The first-order valence-electron chi connectivity index (χ1n) is 4.67. The van der Waals surface area contributed by atoms with E-state index in [0.717, 1.165) is 22.5 Å². The molecule has 2 aromatic rings. The van der Waals surface area contributed by atoms with E-state index in [1.807, 2.05) is 24.7 Å². The lowest BCUT2D eigenvalue weighted by atomic mass is 10.4. The van der Waals surface area contributed by atoms with E-state index in [2.05, 4.69) is 26.1 Å². The summed E-state index contributed by atoms with van der Waals surface area (Å²) in [7, 11) is 0. The third kappa shape index (κ3) is 1.65. The van der Waals surface area contributed by atoms with Crippen LogP contribution in [0.1, 0.15) is 12.6 Å². The number of rotatable bonds is 2. The molecule has 0 aliphatic heterocycles. The summed E-state index contributed by atoms with van der Waals surface area (Å²) in [6.45, 7) is 4.68. The van der Waals surface area contributed by atoms with Gasteiger partial charge in [0.25, 0.3) is 0 Å². The summed E-state index contributed by atoms with van der Waals surface area (Å²) in [6, 6.07) is 0. The first-order valence-corrected chi connectivity index (χ1v) is 5.46. The highest BCUT2D eigenvalue weighted by Gasteiger charge is 2.13. The highest BCUT2D eigenvalue weighted by Crippen LogP contribution is 2.21. The van der Waals surface area contributed by atoms with Crippen LogP contribution in [0.2, 0.25) is 0 Å². The molecular formula is C9H12BrN5. The van der Waals surface area contributed by atoms with Crippen LogP contribution in [0.4, 0.5) is 5.69 Å². The van der Waals surface area contributed by atoms with Crippen molar-refractivity contribution in [3.8, 4) is 5.82 Å². The van der Waals surface area contributed by atoms with Gasteiger partial charge in [-0.3, -0.25) is 0 Å². The molecule has 0 saturated heterocycles. The summed E-state index contributed by atoms with van der Waals surface area (Å²) >= 11 is 3.35. The van der Waals surface area contributed by atoms with Gasteiger partial charge in [-0.15, -0.1) is 0 Å². The van der Waals surface area contributed by atoms with Gasteiger partial charge >= 0.3 is 0 Å². The van der Waals surface area contributed by atoms with Gasteiger partial charge in [0.15, 0.2) is 5.82 Å². The van der Waals surface area contributed by atoms with E-state index in [4.69, 9.17) is 5.73 Å². The Morgan fingerprint density at radius 1 is 1.53 bits per heavy atom. The number of aryl methyl sites for hydroxylation is 2. The summed E-state index contributed by atoms with van der Waals surface area (Å²) in [4.78, 5) is 0. The van der Waals surface area contributed by atoms with Crippen molar-refractivity contribution < 1.29 is 0 Å². The molecule has 0 unspecified atom stereocenters. The Labute approximate surface area is 96.0 Å². The maximum atomic E-state index is 5.96. The standard InChI is InChI=1S/C9H12BrN5/c1-3-14-9(8(11)6(2)13-14)15-5-7(10)4-12-15/h4-5H,3,11H2,1-2H3. The lowest BCUT2D eigenvalue weighted by Crippen LogP contribution is -2.07. The first kappa shape index (κ1) is 10.2. The lowest BCUT2D eigenvalue weighted by Gasteiger charge is -2.04. The zero-order valence-corrected chi connectivity index (χ0v) is 10.2. The minimum absolute atomic E-state index is 0.674. The van der Waals surface area contributed by atoms with Crippen LogP contribution in [0.15, 0.2) is 16.9 Å². The van der Waals surface area contributed by atoms with Crippen LogP contribution in [0.25, 0.3) is 5.82 Å². The monoisotopic (exact) mass is 269 g/mol. The molecule has 5 nitrogen and oxygen atoms in total. The van der Waals surface area contributed by atoms with Gasteiger partial charge in [0.1, 0.15) is 0 Å². The molecule has 0 bridgehead atoms. The molecule has 6 heteroatoms. The Morgan fingerprint density at radius 2 is 2.27 bits per heavy atom. The van der Waals surface area contributed by atoms with Gasteiger partial charge in [0, 0.05) is 12.7 Å². The fourth-order valence-electron chi connectivity index (χ4n) is 1.46. The highest BCUT2D eigenvalue weighted by atomic mass is 79.9. The molecule has 15 heavy (non-hydrogen) atoms. The quantitative estimate of drug-likeness (QED) is 0.904. The Bertz CT molecular complexity index is 485. The van der Waals surface area contributed by atoms with Gasteiger partial charge in [0.2, 0.25) is 0 Å². The van der Waals surface area contributed by atoms with Crippen LogP contribution in [-0.4, -0.2) is 19.6 Å². The van der Waals surface area contributed by atoms with E-state index in [0.29, 0.717) is 5.69 Å². The highest BCUT2D eigenvalue weighted by molar-refractivity contribution is 9.10. The molecule has 2 N–H and O–H groups in total. The second kappa shape index (κ2) is 3.69. The predicted molar refractivity (Wildman–Crippen MR) is 61.9 cm³/mol. The molecule has 2 heterocycles. The molecule has 0 atom stereocenters. The molecule has 2 aromatic heterocycles. The summed E-state index contributed by atoms with van der Waals surface area (Å²) in [6.07, 6.45) is 3.58. The SMILES string of the molecule is CCn1nc(C)c(N)c1-n1cc(Br)cn1. The second-order valence-corrected chi connectivity index (χ2v) is 4.16. The summed E-state index contributed by atoms with van der Waals surface area (Å²) in [5, 5.41) is 8.53. The number of nitrogens with zero attached hydrogens (tertiary/aromatic N) is 4. The van der Waals surface area contributed by atoms with E-state index in [1.165, 1.54) is 0 Å². The topological polar surface area (TPSA) is 61.7 Å². The molecule has 0 saturated carbocycles. The molecule has 80 valence electrons. The van der Waals surface area contributed by atoms with Gasteiger partial charge in [-0.05, 0) is 29.8 Å². The smallest absolute Gasteiger partial charge is 0.175 e. The van der Waals surface area contributed by atoms with Gasteiger partial charge in [0.05, 0.1) is 22.1 Å². The maximum Gasteiger partial charge on any atom is 0.175 e. The van der Waals surface area contributed by atoms with Gasteiger partial charge in [-0.1, -0.05) is 0 Å². The zero-order chi connectivity index (χ0) is 11.0. The molecule has 0 aliphatic rings. The molecule has 0 radical (unpaired) electrons. The molecule has 0 amide bonds. The number of nitrogens with two attached hydrogens (primary N) is 1. The average Bonchev–Trinajstić information content (AvgIpc) is 2.73. The van der Waals surface area contributed by atoms with Crippen LogP contribution in [-0.2, 0) is 6.54 Å². The second-order valence-electron chi connectivity index (χ2n) is 3.24. The number of hydrogen-bond acceptors (Lipinski definition) is 3. The van der Waals surface area contributed by atoms with Crippen molar-refractivity contribution in [2.24, 2.45) is 0 Å². The maximum absolute atomic E-state index is 5.96. The van der Waals surface area contributed by atoms with Gasteiger partial charge in [-0.2, -0.15) is 10.2 Å². The Kier molecular flexibility index (Phi) is 2.52. The Morgan fingerprint density at radius 3 is 2.80 bits per heavy atom. The normalized spacial score (nSPS) is 10.9. The van der Waals surface area contributed by atoms with Crippen LogP contribution in [0.3, 0.4) is 0 Å². The van der Waals surface area contributed by atoms with Crippen LogP contribution in [0, 0.1) is 6.92 Å². The molecular weight excluding hydrogens is 258 g/mol. The fourth-order valence-corrected chi connectivity index (χ4v) is 1.75. The largest absolute Gasteiger partial charge is 0.394 e. The third-order valence-electron chi connectivity index (χ3n) is 2.21. The Balaban J connectivity index is 2.60. The molecule has 2 rings (SSSR count). The van der Waals surface area contributed by atoms with Crippen LogP contribution >= 0.6 is 15.9 Å². The Hall–Kier alpha value is -1.30. The van der Waals surface area contributed by atoms with E-state index in [9.17, 15) is 0 Å². The predicted octanol–water partition coefficient (Wildman–Crippen LogP) is 1.74. The average molecular weight is 270 g/mol. The van der Waals surface area contributed by atoms with E-state index in [1.54, 1.807) is 10.9 Å². The van der Waals surface area contributed by atoms with Gasteiger partial charge < -0.3 is 5.73 Å². The molecule has 0 fully saturated rings. The summed E-state index contributed by atoms with van der Waals surface area (Å²) in [5.74, 6) is 0.820. The van der Waals surface area contributed by atoms with Crippen molar-refractivity contribution in [3.63, 3.8) is 0 Å². The van der Waals surface area contributed by atoms with Crippen molar-refractivity contribution in [2.45, 2.75) is 20.4 Å². The van der Waals surface area contributed by atoms with Crippen molar-refractivity contribution >= 4 is 21.6 Å².